The fourth-order valence-electron chi connectivity index (χ4n) is 3.78. The van der Waals surface area contributed by atoms with Gasteiger partial charge in [0, 0.05) is 0 Å². The Morgan fingerprint density at radius 2 is 2.06 bits per heavy atom. The molecular formula is C25H23NO7. The number of hydrogen-bond donors (Lipinski definition) is 1. The molecule has 8 heteroatoms. The van der Waals surface area contributed by atoms with Crippen LogP contribution in [0.3, 0.4) is 0 Å². The van der Waals surface area contributed by atoms with E-state index in [2.05, 4.69) is 6.58 Å². The lowest BCUT2D eigenvalue weighted by molar-refractivity contribution is -0.130. The summed E-state index contributed by atoms with van der Waals surface area (Å²) in [5.41, 5.74) is 0.469. The van der Waals surface area contributed by atoms with Crippen LogP contribution in [0.1, 0.15) is 33.7 Å². The van der Waals surface area contributed by atoms with Gasteiger partial charge in [0.2, 0.25) is 5.78 Å². The van der Waals surface area contributed by atoms with Crippen molar-refractivity contribution < 1.29 is 33.0 Å². The Morgan fingerprint density at radius 3 is 2.70 bits per heavy atom. The number of carbonyl (C=O) groups is 2. The van der Waals surface area contributed by atoms with Crippen molar-refractivity contribution in [1.82, 2.24) is 4.90 Å². The van der Waals surface area contributed by atoms with Crippen LogP contribution in [0.25, 0.3) is 0 Å². The second-order valence-corrected chi connectivity index (χ2v) is 7.43. The van der Waals surface area contributed by atoms with Crippen molar-refractivity contribution in [3.63, 3.8) is 0 Å². The SMILES string of the molecule is C=CCOc1ccc(C2C(C(=O)c3ccc(C)o3)=C(O)C(=O)N2Cc2ccco2)cc1OC. The van der Waals surface area contributed by atoms with E-state index in [1.807, 2.05) is 0 Å². The monoisotopic (exact) mass is 449 g/mol. The van der Waals surface area contributed by atoms with Gasteiger partial charge in [0.05, 0.1) is 31.5 Å². The third-order valence-corrected chi connectivity index (χ3v) is 5.28. The maximum absolute atomic E-state index is 13.3. The molecule has 3 aromatic rings. The number of carbonyl (C=O) groups excluding carboxylic acids is 2. The zero-order chi connectivity index (χ0) is 23.5. The summed E-state index contributed by atoms with van der Waals surface area (Å²) in [5.74, 6) is 0.0679. The molecule has 0 saturated heterocycles. The van der Waals surface area contributed by atoms with E-state index >= 15 is 0 Å². The number of benzene rings is 1. The Bertz CT molecular complexity index is 1220. The summed E-state index contributed by atoms with van der Waals surface area (Å²) in [5, 5.41) is 10.8. The molecule has 2 aromatic heterocycles. The van der Waals surface area contributed by atoms with Gasteiger partial charge in [-0.1, -0.05) is 18.7 Å². The number of methoxy groups -OCH3 is 1. The molecule has 8 nitrogen and oxygen atoms in total. The fraction of sp³-hybridized carbons (Fsp3) is 0.200. The van der Waals surface area contributed by atoms with Crippen molar-refractivity contribution >= 4 is 11.7 Å². The van der Waals surface area contributed by atoms with Gasteiger partial charge in [-0.3, -0.25) is 9.59 Å². The second kappa shape index (κ2) is 9.12. The van der Waals surface area contributed by atoms with Gasteiger partial charge in [-0.05, 0) is 48.9 Å². The molecule has 0 aliphatic carbocycles. The molecule has 1 aliphatic rings. The van der Waals surface area contributed by atoms with Gasteiger partial charge in [-0.2, -0.15) is 0 Å². The number of amides is 1. The largest absolute Gasteiger partial charge is 0.503 e. The normalized spacial score (nSPS) is 15.8. The van der Waals surface area contributed by atoms with Crippen LogP contribution in [0.2, 0.25) is 0 Å². The Hall–Kier alpha value is -4.20. The van der Waals surface area contributed by atoms with E-state index in [4.69, 9.17) is 18.3 Å². The molecule has 1 amide bonds. The van der Waals surface area contributed by atoms with E-state index in [9.17, 15) is 14.7 Å². The number of Topliss-reactive ketones (excluding diaryl/α,β-unsaturated/α-hetero) is 1. The molecule has 4 rings (SSSR count). The molecule has 0 radical (unpaired) electrons. The highest BCUT2D eigenvalue weighted by Gasteiger charge is 2.45. The van der Waals surface area contributed by atoms with Crippen LogP contribution in [0.15, 0.2) is 81.5 Å². The number of ketones is 1. The summed E-state index contributed by atoms with van der Waals surface area (Å²) in [6, 6.07) is 10.7. The van der Waals surface area contributed by atoms with Gasteiger partial charge in [0.25, 0.3) is 5.91 Å². The molecule has 0 bridgehead atoms. The zero-order valence-electron chi connectivity index (χ0n) is 18.2. The van der Waals surface area contributed by atoms with Crippen LogP contribution in [-0.4, -0.2) is 35.4 Å². The van der Waals surface area contributed by atoms with Crippen LogP contribution in [-0.2, 0) is 11.3 Å². The molecule has 170 valence electrons. The molecule has 0 saturated carbocycles. The molecule has 1 atom stereocenters. The maximum atomic E-state index is 13.3. The molecule has 0 fully saturated rings. The Labute approximate surface area is 190 Å². The van der Waals surface area contributed by atoms with Gasteiger partial charge in [-0.15, -0.1) is 0 Å². The third-order valence-electron chi connectivity index (χ3n) is 5.28. The molecule has 3 heterocycles. The van der Waals surface area contributed by atoms with E-state index < -0.39 is 23.5 Å². The molecule has 1 N–H and O–H groups in total. The van der Waals surface area contributed by atoms with Crippen molar-refractivity contribution in [3.05, 3.63) is 95.6 Å². The Balaban J connectivity index is 1.80. The van der Waals surface area contributed by atoms with Gasteiger partial charge in [0.15, 0.2) is 23.0 Å². The first-order valence-corrected chi connectivity index (χ1v) is 10.2. The van der Waals surface area contributed by atoms with Crippen LogP contribution in [0, 0.1) is 6.92 Å². The minimum Gasteiger partial charge on any atom is -0.503 e. The topological polar surface area (TPSA) is 102 Å². The van der Waals surface area contributed by atoms with E-state index in [0.29, 0.717) is 28.6 Å². The number of furan rings is 2. The lowest BCUT2D eigenvalue weighted by atomic mass is 9.94. The summed E-state index contributed by atoms with van der Waals surface area (Å²) in [6.45, 7) is 5.67. The lowest BCUT2D eigenvalue weighted by Gasteiger charge is -2.26. The summed E-state index contributed by atoms with van der Waals surface area (Å²) >= 11 is 0. The van der Waals surface area contributed by atoms with Crippen molar-refractivity contribution in [1.29, 1.82) is 0 Å². The highest BCUT2D eigenvalue weighted by molar-refractivity contribution is 6.15. The first-order valence-electron chi connectivity index (χ1n) is 10.2. The van der Waals surface area contributed by atoms with Crippen LogP contribution in [0.5, 0.6) is 11.5 Å². The smallest absolute Gasteiger partial charge is 0.290 e. The van der Waals surface area contributed by atoms with Crippen molar-refractivity contribution in [3.8, 4) is 11.5 Å². The standard InChI is InChI=1S/C25H23NO7/c1-4-11-32-18-10-8-16(13-20(18)30-3)22-21(23(27)19-9-7-15(2)33-19)24(28)25(29)26(22)14-17-6-5-12-31-17/h4-10,12-13,22,28H,1,11,14H2,2-3H3. The molecular weight excluding hydrogens is 426 g/mol. The summed E-state index contributed by atoms with van der Waals surface area (Å²) in [6.07, 6.45) is 3.10. The number of rotatable bonds is 9. The van der Waals surface area contributed by atoms with E-state index in [0.717, 1.165) is 0 Å². The third kappa shape index (κ3) is 4.15. The van der Waals surface area contributed by atoms with Crippen LogP contribution >= 0.6 is 0 Å². The number of nitrogens with zero attached hydrogens (tertiary/aromatic N) is 1. The van der Waals surface area contributed by atoms with Crippen molar-refractivity contribution in [2.45, 2.75) is 19.5 Å². The van der Waals surface area contributed by atoms with Crippen LogP contribution in [0.4, 0.5) is 0 Å². The predicted octanol–water partition coefficient (Wildman–Crippen LogP) is 4.53. The number of aryl methyl sites for hydroxylation is 1. The summed E-state index contributed by atoms with van der Waals surface area (Å²) in [4.78, 5) is 27.8. The van der Waals surface area contributed by atoms with Gasteiger partial charge < -0.3 is 28.3 Å². The van der Waals surface area contributed by atoms with Gasteiger partial charge in [0.1, 0.15) is 18.1 Å². The minimum absolute atomic E-state index is 0.0320. The Morgan fingerprint density at radius 1 is 1.24 bits per heavy atom. The number of ether oxygens (including phenoxy) is 2. The molecule has 1 aliphatic heterocycles. The van der Waals surface area contributed by atoms with E-state index in [1.54, 1.807) is 49.4 Å². The fourth-order valence-corrected chi connectivity index (χ4v) is 3.78. The maximum Gasteiger partial charge on any atom is 0.290 e. The van der Waals surface area contributed by atoms with Crippen LogP contribution < -0.4 is 9.47 Å². The molecule has 1 aromatic carbocycles. The quantitative estimate of drug-likeness (QED) is 0.378. The highest BCUT2D eigenvalue weighted by Crippen LogP contribution is 2.42. The number of aliphatic hydroxyl groups excluding tert-OH is 1. The summed E-state index contributed by atoms with van der Waals surface area (Å²) < 4.78 is 22.0. The molecule has 0 spiro atoms. The average Bonchev–Trinajstić information content (AvgIpc) is 3.54. The minimum atomic E-state index is -0.900. The Kier molecular flexibility index (Phi) is 6.08. The number of aliphatic hydroxyl groups is 1. The van der Waals surface area contributed by atoms with E-state index in [-0.39, 0.29) is 24.5 Å². The van der Waals surface area contributed by atoms with E-state index in [1.165, 1.54) is 24.3 Å². The second-order valence-electron chi connectivity index (χ2n) is 7.43. The average molecular weight is 449 g/mol. The first-order chi connectivity index (χ1) is 15.9. The molecule has 33 heavy (non-hydrogen) atoms. The highest BCUT2D eigenvalue weighted by atomic mass is 16.5. The number of hydrogen-bond acceptors (Lipinski definition) is 7. The lowest BCUT2D eigenvalue weighted by Crippen LogP contribution is -2.30. The molecule has 1 unspecified atom stereocenters. The zero-order valence-corrected chi connectivity index (χ0v) is 18.2. The van der Waals surface area contributed by atoms with Crippen molar-refractivity contribution in [2.75, 3.05) is 13.7 Å². The van der Waals surface area contributed by atoms with Gasteiger partial charge >= 0.3 is 0 Å². The van der Waals surface area contributed by atoms with Crippen molar-refractivity contribution in [2.24, 2.45) is 0 Å². The first kappa shape index (κ1) is 22.0. The summed E-state index contributed by atoms with van der Waals surface area (Å²) in [7, 11) is 1.49. The predicted molar refractivity (Wildman–Crippen MR) is 118 cm³/mol. The van der Waals surface area contributed by atoms with Gasteiger partial charge in [-0.25, -0.2) is 0 Å².